The lowest BCUT2D eigenvalue weighted by Gasteiger charge is -2.35. The van der Waals surface area contributed by atoms with Gasteiger partial charge >= 0.3 is 0 Å². The molecule has 1 aliphatic heterocycles. The molecule has 0 radical (unpaired) electrons. The van der Waals surface area contributed by atoms with Gasteiger partial charge in [-0.1, -0.05) is 35.5 Å². The molecule has 0 aliphatic carbocycles. The molecule has 0 bridgehead atoms. The summed E-state index contributed by atoms with van der Waals surface area (Å²) in [6.07, 6.45) is 1.38. The molecule has 1 saturated heterocycles. The maximum atomic E-state index is 4.79. The standard InChI is InChI=1S/C13H16N4O/c1-2-4-11(5-3-1)12-8-14-6-7-17(12)9-13-15-10-18-16-13/h1-5,10,12,14H,6-9H2. The van der Waals surface area contributed by atoms with Gasteiger partial charge in [-0.2, -0.15) is 4.98 Å². The zero-order valence-corrected chi connectivity index (χ0v) is 10.1. The average molecular weight is 244 g/mol. The van der Waals surface area contributed by atoms with Gasteiger partial charge < -0.3 is 9.84 Å². The van der Waals surface area contributed by atoms with Gasteiger partial charge in [-0.25, -0.2) is 0 Å². The van der Waals surface area contributed by atoms with Gasteiger partial charge in [0.25, 0.3) is 0 Å². The van der Waals surface area contributed by atoms with Crippen LogP contribution in [0.5, 0.6) is 0 Å². The van der Waals surface area contributed by atoms with Crippen molar-refractivity contribution >= 4 is 0 Å². The molecule has 18 heavy (non-hydrogen) atoms. The van der Waals surface area contributed by atoms with Gasteiger partial charge in [-0.3, -0.25) is 4.90 Å². The molecule has 1 aromatic heterocycles. The van der Waals surface area contributed by atoms with E-state index in [9.17, 15) is 0 Å². The van der Waals surface area contributed by atoms with E-state index in [0.717, 1.165) is 32.0 Å². The van der Waals surface area contributed by atoms with Gasteiger partial charge in [0, 0.05) is 25.7 Å². The molecule has 0 amide bonds. The summed E-state index contributed by atoms with van der Waals surface area (Å²) < 4.78 is 4.79. The summed E-state index contributed by atoms with van der Waals surface area (Å²) in [6, 6.07) is 10.9. The fraction of sp³-hybridized carbons (Fsp3) is 0.385. The molecule has 1 atom stereocenters. The third-order valence-corrected chi connectivity index (χ3v) is 3.29. The third-order valence-electron chi connectivity index (χ3n) is 3.29. The Bertz CT molecular complexity index is 471. The predicted molar refractivity (Wildman–Crippen MR) is 66.8 cm³/mol. The average Bonchev–Trinajstić information content (AvgIpc) is 2.93. The van der Waals surface area contributed by atoms with E-state index in [1.54, 1.807) is 0 Å². The number of piperazine rings is 1. The van der Waals surface area contributed by atoms with Gasteiger partial charge in [-0.15, -0.1) is 0 Å². The molecular formula is C13H16N4O. The lowest BCUT2D eigenvalue weighted by atomic mass is 10.0. The summed E-state index contributed by atoms with van der Waals surface area (Å²) in [5, 5.41) is 7.33. The molecule has 2 aromatic rings. The fourth-order valence-electron chi connectivity index (χ4n) is 2.38. The molecule has 1 N–H and O–H groups in total. The summed E-state index contributed by atoms with van der Waals surface area (Å²) >= 11 is 0. The molecule has 94 valence electrons. The fourth-order valence-corrected chi connectivity index (χ4v) is 2.38. The largest absolute Gasteiger partial charge is 0.343 e. The molecule has 1 fully saturated rings. The predicted octanol–water partition coefficient (Wildman–Crippen LogP) is 1.22. The van der Waals surface area contributed by atoms with Crippen molar-refractivity contribution in [2.24, 2.45) is 0 Å². The number of benzene rings is 1. The summed E-state index contributed by atoms with van der Waals surface area (Å²) in [5.74, 6) is 0.748. The number of aromatic nitrogens is 2. The van der Waals surface area contributed by atoms with E-state index < -0.39 is 0 Å². The Labute approximate surface area is 106 Å². The SMILES string of the molecule is c1ccc(C2CNCCN2Cc2ncon2)cc1. The molecular weight excluding hydrogens is 228 g/mol. The highest BCUT2D eigenvalue weighted by molar-refractivity contribution is 5.20. The van der Waals surface area contributed by atoms with Crippen LogP contribution in [0, 0.1) is 0 Å². The lowest BCUT2D eigenvalue weighted by Crippen LogP contribution is -2.45. The topological polar surface area (TPSA) is 54.2 Å². The molecule has 5 nitrogen and oxygen atoms in total. The monoisotopic (exact) mass is 244 g/mol. The van der Waals surface area contributed by atoms with E-state index in [0.29, 0.717) is 6.04 Å². The summed E-state index contributed by atoms with van der Waals surface area (Å²) in [6.45, 7) is 3.69. The smallest absolute Gasteiger partial charge is 0.213 e. The van der Waals surface area contributed by atoms with Crippen molar-refractivity contribution in [2.75, 3.05) is 19.6 Å². The van der Waals surface area contributed by atoms with Crippen LogP contribution in [-0.2, 0) is 6.54 Å². The van der Waals surface area contributed by atoms with E-state index in [1.165, 1.54) is 12.0 Å². The Morgan fingerprint density at radius 3 is 3.00 bits per heavy atom. The van der Waals surface area contributed by atoms with Crippen LogP contribution < -0.4 is 5.32 Å². The highest BCUT2D eigenvalue weighted by Crippen LogP contribution is 2.23. The van der Waals surface area contributed by atoms with Crippen molar-refractivity contribution in [3.63, 3.8) is 0 Å². The maximum Gasteiger partial charge on any atom is 0.213 e. The van der Waals surface area contributed by atoms with Crippen molar-refractivity contribution in [1.29, 1.82) is 0 Å². The second-order valence-corrected chi connectivity index (χ2v) is 4.45. The molecule has 1 unspecified atom stereocenters. The molecule has 5 heteroatoms. The number of nitrogens with zero attached hydrogens (tertiary/aromatic N) is 3. The Kier molecular flexibility index (Phi) is 3.34. The second-order valence-electron chi connectivity index (χ2n) is 4.45. The first kappa shape index (κ1) is 11.4. The van der Waals surface area contributed by atoms with Crippen LogP contribution in [-0.4, -0.2) is 34.7 Å². The van der Waals surface area contributed by atoms with Crippen LogP contribution in [0.2, 0.25) is 0 Å². The molecule has 0 spiro atoms. The third kappa shape index (κ3) is 2.42. The van der Waals surface area contributed by atoms with E-state index >= 15 is 0 Å². The normalized spacial score (nSPS) is 21.0. The van der Waals surface area contributed by atoms with Crippen LogP contribution in [0.25, 0.3) is 0 Å². The van der Waals surface area contributed by atoms with Crippen LogP contribution in [0.3, 0.4) is 0 Å². The zero-order valence-electron chi connectivity index (χ0n) is 10.1. The number of nitrogens with one attached hydrogen (secondary N) is 1. The van der Waals surface area contributed by atoms with E-state index in [1.807, 2.05) is 6.07 Å². The van der Waals surface area contributed by atoms with Crippen molar-refractivity contribution in [3.05, 3.63) is 48.1 Å². The van der Waals surface area contributed by atoms with Crippen molar-refractivity contribution < 1.29 is 4.52 Å². The van der Waals surface area contributed by atoms with Crippen molar-refractivity contribution in [3.8, 4) is 0 Å². The minimum atomic E-state index is 0.374. The van der Waals surface area contributed by atoms with E-state index in [-0.39, 0.29) is 0 Å². The lowest BCUT2D eigenvalue weighted by molar-refractivity contribution is 0.148. The Morgan fingerprint density at radius 1 is 1.33 bits per heavy atom. The first-order chi connectivity index (χ1) is 8.93. The van der Waals surface area contributed by atoms with Gasteiger partial charge in [-0.05, 0) is 5.56 Å². The number of hydrogen-bond acceptors (Lipinski definition) is 5. The molecule has 3 rings (SSSR count). The number of rotatable bonds is 3. The van der Waals surface area contributed by atoms with E-state index in [2.05, 4.69) is 44.6 Å². The minimum Gasteiger partial charge on any atom is -0.343 e. The number of hydrogen-bond donors (Lipinski definition) is 1. The van der Waals surface area contributed by atoms with Crippen LogP contribution in [0.1, 0.15) is 17.4 Å². The quantitative estimate of drug-likeness (QED) is 0.879. The Hall–Kier alpha value is -1.72. The van der Waals surface area contributed by atoms with Gasteiger partial charge in [0.05, 0.1) is 6.54 Å². The maximum absolute atomic E-state index is 4.79. The van der Waals surface area contributed by atoms with Crippen molar-refractivity contribution in [2.45, 2.75) is 12.6 Å². The van der Waals surface area contributed by atoms with Gasteiger partial charge in [0.1, 0.15) is 0 Å². The first-order valence-electron chi connectivity index (χ1n) is 6.18. The van der Waals surface area contributed by atoms with Gasteiger partial charge in [0.2, 0.25) is 6.39 Å². The van der Waals surface area contributed by atoms with Gasteiger partial charge in [0.15, 0.2) is 5.82 Å². The highest BCUT2D eigenvalue weighted by atomic mass is 16.5. The van der Waals surface area contributed by atoms with Crippen molar-refractivity contribution in [1.82, 2.24) is 20.4 Å². The highest BCUT2D eigenvalue weighted by Gasteiger charge is 2.24. The summed E-state index contributed by atoms with van der Waals surface area (Å²) in [4.78, 5) is 6.48. The second kappa shape index (κ2) is 5.29. The Morgan fingerprint density at radius 2 is 2.22 bits per heavy atom. The molecule has 1 aromatic carbocycles. The Balaban J connectivity index is 1.78. The summed E-state index contributed by atoms with van der Waals surface area (Å²) in [7, 11) is 0. The first-order valence-corrected chi connectivity index (χ1v) is 6.18. The molecule has 2 heterocycles. The van der Waals surface area contributed by atoms with Crippen LogP contribution in [0.15, 0.2) is 41.2 Å². The zero-order chi connectivity index (χ0) is 12.2. The molecule has 1 aliphatic rings. The minimum absolute atomic E-state index is 0.374. The van der Waals surface area contributed by atoms with E-state index in [4.69, 9.17) is 4.52 Å². The molecule has 0 saturated carbocycles. The summed E-state index contributed by atoms with van der Waals surface area (Å²) in [5.41, 5.74) is 1.33. The van der Waals surface area contributed by atoms with Crippen LogP contribution in [0.4, 0.5) is 0 Å². The van der Waals surface area contributed by atoms with Crippen LogP contribution >= 0.6 is 0 Å².